The first kappa shape index (κ1) is 24.3. The SMILES string of the molecule is Cc1ccc(S(=O)(=O)N2CCN(C(C)c3nc(-c4cccc(C(F)(F)F)c4)no3)CC2)cc1F. The summed E-state index contributed by atoms with van der Waals surface area (Å²) in [5.74, 6) is -0.332. The molecule has 0 radical (unpaired) electrons. The fourth-order valence-corrected chi connectivity index (χ4v) is 5.16. The zero-order chi connectivity index (χ0) is 24.7. The molecule has 0 aliphatic carbocycles. The van der Waals surface area contributed by atoms with Crippen molar-refractivity contribution in [1.29, 1.82) is 0 Å². The van der Waals surface area contributed by atoms with E-state index in [1.165, 1.54) is 28.6 Å². The van der Waals surface area contributed by atoms with Gasteiger partial charge in [-0.3, -0.25) is 4.90 Å². The smallest absolute Gasteiger partial charge is 0.337 e. The summed E-state index contributed by atoms with van der Waals surface area (Å²) in [7, 11) is -3.84. The van der Waals surface area contributed by atoms with Crippen LogP contribution in [0.2, 0.25) is 0 Å². The van der Waals surface area contributed by atoms with Gasteiger partial charge in [0.2, 0.25) is 21.7 Å². The summed E-state index contributed by atoms with van der Waals surface area (Å²) in [5.41, 5.74) is -0.268. The molecule has 12 heteroatoms. The van der Waals surface area contributed by atoms with Gasteiger partial charge in [-0.05, 0) is 43.7 Å². The van der Waals surface area contributed by atoms with Crippen molar-refractivity contribution in [1.82, 2.24) is 19.3 Å². The molecule has 3 aromatic rings. The molecule has 0 spiro atoms. The summed E-state index contributed by atoms with van der Waals surface area (Å²) in [6, 6.07) is 8.11. The molecule has 4 rings (SSSR count). The lowest BCUT2D eigenvalue weighted by molar-refractivity contribution is -0.137. The minimum Gasteiger partial charge on any atom is -0.337 e. The van der Waals surface area contributed by atoms with Crippen LogP contribution in [-0.4, -0.2) is 53.9 Å². The van der Waals surface area contributed by atoms with Gasteiger partial charge in [0.25, 0.3) is 0 Å². The first-order chi connectivity index (χ1) is 16.0. The highest BCUT2D eigenvalue weighted by Gasteiger charge is 2.33. The Morgan fingerprint density at radius 3 is 2.41 bits per heavy atom. The van der Waals surface area contributed by atoms with E-state index in [0.29, 0.717) is 18.7 Å². The van der Waals surface area contributed by atoms with Crippen molar-refractivity contribution in [3.05, 3.63) is 65.3 Å². The molecule has 0 amide bonds. The fourth-order valence-electron chi connectivity index (χ4n) is 3.73. The number of alkyl halides is 3. The van der Waals surface area contributed by atoms with Gasteiger partial charge in [-0.25, -0.2) is 12.8 Å². The van der Waals surface area contributed by atoms with Crippen molar-refractivity contribution >= 4 is 10.0 Å². The molecule has 7 nitrogen and oxygen atoms in total. The second-order valence-corrected chi connectivity index (χ2v) is 10.00. The van der Waals surface area contributed by atoms with E-state index >= 15 is 0 Å². The Balaban J connectivity index is 1.44. The number of aryl methyl sites for hydroxylation is 1. The van der Waals surface area contributed by atoms with Crippen LogP contribution in [0.1, 0.15) is 30.0 Å². The summed E-state index contributed by atoms with van der Waals surface area (Å²) in [5, 5.41) is 3.81. The minimum atomic E-state index is -4.49. The van der Waals surface area contributed by atoms with Crippen LogP contribution in [0.4, 0.5) is 17.6 Å². The van der Waals surface area contributed by atoms with Gasteiger partial charge in [0.15, 0.2) is 0 Å². The van der Waals surface area contributed by atoms with Crippen molar-refractivity contribution in [3.63, 3.8) is 0 Å². The number of hydrogen-bond acceptors (Lipinski definition) is 6. The second kappa shape index (κ2) is 9.08. The van der Waals surface area contributed by atoms with Crippen molar-refractivity contribution in [2.24, 2.45) is 0 Å². The van der Waals surface area contributed by atoms with Crippen LogP contribution in [0.25, 0.3) is 11.4 Å². The molecule has 1 aliphatic rings. The monoisotopic (exact) mass is 498 g/mol. The minimum absolute atomic E-state index is 0.0376. The topological polar surface area (TPSA) is 79.5 Å². The number of benzene rings is 2. The predicted molar refractivity (Wildman–Crippen MR) is 115 cm³/mol. The average molecular weight is 499 g/mol. The van der Waals surface area contributed by atoms with E-state index in [9.17, 15) is 26.0 Å². The molecule has 0 bridgehead atoms. The molecule has 1 saturated heterocycles. The highest BCUT2D eigenvalue weighted by Crippen LogP contribution is 2.32. The molecule has 1 atom stereocenters. The number of nitrogens with zero attached hydrogens (tertiary/aromatic N) is 4. The third-order valence-electron chi connectivity index (χ3n) is 5.85. The summed E-state index contributed by atoms with van der Waals surface area (Å²) in [6.45, 7) is 4.42. The number of piperazine rings is 1. The quantitative estimate of drug-likeness (QED) is 0.489. The van der Waals surface area contributed by atoms with E-state index in [1.54, 1.807) is 13.8 Å². The summed E-state index contributed by atoms with van der Waals surface area (Å²) in [4.78, 5) is 6.09. The van der Waals surface area contributed by atoms with Crippen LogP contribution >= 0.6 is 0 Å². The van der Waals surface area contributed by atoms with E-state index < -0.39 is 27.6 Å². The first-order valence-corrected chi connectivity index (χ1v) is 11.9. The molecule has 34 heavy (non-hydrogen) atoms. The number of sulfonamides is 1. The maximum Gasteiger partial charge on any atom is 0.416 e. The van der Waals surface area contributed by atoms with Crippen LogP contribution in [0.5, 0.6) is 0 Å². The molecule has 1 aromatic heterocycles. The van der Waals surface area contributed by atoms with Gasteiger partial charge < -0.3 is 4.52 Å². The first-order valence-electron chi connectivity index (χ1n) is 10.5. The van der Waals surface area contributed by atoms with Gasteiger partial charge in [-0.15, -0.1) is 0 Å². The van der Waals surface area contributed by atoms with Gasteiger partial charge in [0.05, 0.1) is 16.5 Å². The third kappa shape index (κ3) is 4.84. The second-order valence-electron chi connectivity index (χ2n) is 8.06. The molecule has 2 heterocycles. The summed E-state index contributed by atoms with van der Waals surface area (Å²) in [6.07, 6.45) is -4.49. The van der Waals surface area contributed by atoms with Gasteiger partial charge >= 0.3 is 6.18 Å². The Kier molecular flexibility index (Phi) is 6.49. The standard InChI is InChI=1S/C22H22F4N4O3S/c1-14-6-7-18(13-19(14)23)34(31,32)30-10-8-29(9-11-30)15(2)21-27-20(28-33-21)16-4-3-5-17(12-16)22(24,25)26/h3-7,12-13,15H,8-11H2,1-2H3. The number of hydrogen-bond donors (Lipinski definition) is 0. The normalized spacial score (nSPS) is 17.1. The molecule has 1 aliphatic heterocycles. The molecule has 0 saturated carbocycles. The predicted octanol–water partition coefficient (Wildman–Crippen LogP) is 4.27. The summed E-state index contributed by atoms with van der Waals surface area (Å²) >= 11 is 0. The van der Waals surface area contributed by atoms with Gasteiger partial charge in [0, 0.05) is 31.7 Å². The van der Waals surface area contributed by atoms with Gasteiger partial charge in [-0.2, -0.15) is 22.5 Å². The van der Waals surface area contributed by atoms with Crippen LogP contribution in [0.15, 0.2) is 51.9 Å². The molecular weight excluding hydrogens is 476 g/mol. The maximum atomic E-state index is 13.9. The molecule has 2 aromatic carbocycles. The Hall–Kier alpha value is -2.83. The largest absolute Gasteiger partial charge is 0.416 e. The lowest BCUT2D eigenvalue weighted by atomic mass is 10.1. The summed E-state index contributed by atoms with van der Waals surface area (Å²) < 4.78 is 85.2. The van der Waals surface area contributed by atoms with Crippen molar-refractivity contribution in [2.45, 2.75) is 31.0 Å². The van der Waals surface area contributed by atoms with Crippen LogP contribution in [0, 0.1) is 12.7 Å². The van der Waals surface area contributed by atoms with E-state index in [4.69, 9.17) is 4.52 Å². The lowest BCUT2D eigenvalue weighted by Gasteiger charge is -2.36. The van der Waals surface area contributed by atoms with E-state index in [0.717, 1.165) is 18.2 Å². The lowest BCUT2D eigenvalue weighted by Crippen LogP contribution is -2.49. The Bertz CT molecular complexity index is 1290. The van der Waals surface area contributed by atoms with Crippen LogP contribution in [-0.2, 0) is 16.2 Å². The van der Waals surface area contributed by atoms with E-state index in [-0.39, 0.29) is 41.3 Å². The molecule has 1 fully saturated rings. The highest BCUT2D eigenvalue weighted by atomic mass is 32.2. The number of rotatable bonds is 5. The van der Waals surface area contributed by atoms with Gasteiger partial charge in [0.1, 0.15) is 5.82 Å². The Morgan fingerprint density at radius 2 is 1.76 bits per heavy atom. The molecule has 0 N–H and O–H groups in total. The third-order valence-corrected chi connectivity index (χ3v) is 7.74. The maximum absolute atomic E-state index is 13.9. The van der Waals surface area contributed by atoms with E-state index in [2.05, 4.69) is 10.1 Å². The van der Waals surface area contributed by atoms with Crippen LogP contribution in [0.3, 0.4) is 0 Å². The van der Waals surface area contributed by atoms with E-state index in [1.807, 2.05) is 4.90 Å². The number of aromatic nitrogens is 2. The molecule has 182 valence electrons. The fraction of sp³-hybridized carbons (Fsp3) is 0.364. The van der Waals surface area contributed by atoms with Crippen molar-refractivity contribution in [3.8, 4) is 11.4 Å². The average Bonchev–Trinajstić information content (AvgIpc) is 3.30. The van der Waals surface area contributed by atoms with Crippen molar-refractivity contribution in [2.75, 3.05) is 26.2 Å². The Morgan fingerprint density at radius 1 is 1.06 bits per heavy atom. The zero-order valence-electron chi connectivity index (χ0n) is 18.4. The van der Waals surface area contributed by atoms with Crippen LogP contribution < -0.4 is 0 Å². The number of halogens is 4. The Labute approximate surface area is 194 Å². The van der Waals surface area contributed by atoms with Crippen molar-refractivity contribution < 1.29 is 30.5 Å². The van der Waals surface area contributed by atoms with Gasteiger partial charge in [-0.1, -0.05) is 23.4 Å². The molecular formula is C22H22F4N4O3S. The zero-order valence-corrected chi connectivity index (χ0v) is 19.2. The molecule has 1 unspecified atom stereocenters. The highest BCUT2D eigenvalue weighted by molar-refractivity contribution is 7.89.